The Labute approximate surface area is 84.1 Å². The fraction of sp³-hybridized carbons (Fsp3) is 0.455. The molecule has 0 spiro atoms. The summed E-state index contributed by atoms with van der Waals surface area (Å²) >= 11 is 0. The third-order valence-electron chi connectivity index (χ3n) is 2.04. The summed E-state index contributed by atoms with van der Waals surface area (Å²) in [6.07, 6.45) is 2.61. The van der Waals surface area contributed by atoms with Gasteiger partial charge in [-0.25, -0.2) is 4.98 Å². The van der Waals surface area contributed by atoms with E-state index in [1.807, 2.05) is 13.8 Å². The second-order valence-corrected chi connectivity index (χ2v) is 3.25. The van der Waals surface area contributed by atoms with E-state index in [0.29, 0.717) is 11.4 Å². The van der Waals surface area contributed by atoms with Crippen LogP contribution in [0.15, 0.2) is 18.3 Å². The number of carbonyl (C=O) groups excluding carboxylic acids is 1. The van der Waals surface area contributed by atoms with Crippen LogP contribution in [0.3, 0.4) is 0 Å². The summed E-state index contributed by atoms with van der Waals surface area (Å²) in [5, 5.41) is 0. The van der Waals surface area contributed by atoms with E-state index < -0.39 is 0 Å². The van der Waals surface area contributed by atoms with Crippen molar-refractivity contribution in [3.05, 3.63) is 23.9 Å². The molecule has 0 amide bonds. The van der Waals surface area contributed by atoms with E-state index in [0.717, 1.165) is 6.42 Å². The quantitative estimate of drug-likeness (QED) is 0.689. The first kappa shape index (κ1) is 10.7. The third-order valence-corrected chi connectivity index (χ3v) is 2.04. The Morgan fingerprint density at radius 3 is 2.93 bits per heavy atom. The first-order chi connectivity index (χ1) is 6.65. The van der Waals surface area contributed by atoms with Gasteiger partial charge in [0.2, 0.25) is 5.88 Å². The summed E-state index contributed by atoms with van der Waals surface area (Å²) in [6, 6.07) is 3.47. The van der Waals surface area contributed by atoms with E-state index in [2.05, 4.69) is 4.98 Å². The average molecular weight is 193 g/mol. The van der Waals surface area contributed by atoms with Crippen LogP contribution in [0.2, 0.25) is 0 Å². The van der Waals surface area contributed by atoms with E-state index in [-0.39, 0.29) is 11.9 Å². The van der Waals surface area contributed by atoms with Gasteiger partial charge in [0.25, 0.3) is 0 Å². The highest BCUT2D eigenvalue weighted by Crippen LogP contribution is 2.16. The zero-order chi connectivity index (χ0) is 10.6. The molecule has 1 unspecified atom stereocenters. The van der Waals surface area contributed by atoms with Crippen LogP contribution in [0.5, 0.6) is 5.88 Å². The Kier molecular flexibility index (Phi) is 3.63. The topological polar surface area (TPSA) is 39.2 Å². The maximum absolute atomic E-state index is 11.2. The van der Waals surface area contributed by atoms with Gasteiger partial charge in [-0.05, 0) is 32.4 Å². The van der Waals surface area contributed by atoms with Crippen molar-refractivity contribution < 1.29 is 9.53 Å². The smallest absolute Gasteiger partial charge is 0.224 e. The molecule has 3 nitrogen and oxygen atoms in total. The summed E-state index contributed by atoms with van der Waals surface area (Å²) in [5.74, 6) is 0.422. The lowest BCUT2D eigenvalue weighted by Gasteiger charge is -2.13. The van der Waals surface area contributed by atoms with Gasteiger partial charge in [0, 0.05) is 6.20 Å². The lowest BCUT2D eigenvalue weighted by atomic mass is 10.2. The first-order valence-electron chi connectivity index (χ1n) is 4.77. The molecule has 1 rings (SSSR count). The number of aromatic nitrogens is 1. The number of pyridine rings is 1. The number of hydrogen-bond donors (Lipinski definition) is 0. The molecule has 1 heterocycles. The SMILES string of the molecule is CCC(C)Oc1ncccc1C(C)=O. The third kappa shape index (κ3) is 2.55. The van der Waals surface area contributed by atoms with Crippen molar-refractivity contribution in [1.29, 1.82) is 0 Å². The van der Waals surface area contributed by atoms with Crippen molar-refractivity contribution in [3.63, 3.8) is 0 Å². The molecule has 0 aliphatic carbocycles. The molecule has 14 heavy (non-hydrogen) atoms. The summed E-state index contributed by atoms with van der Waals surface area (Å²) < 4.78 is 5.52. The fourth-order valence-electron chi connectivity index (χ4n) is 1.03. The second kappa shape index (κ2) is 4.74. The molecular weight excluding hydrogens is 178 g/mol. The molecule has 76 valence electrons. The highest BCUT2D eigenvalue weighted by Gasteiger charge is 2.10. The minimum absolute atomic E-state index is 0.0172. The first-order valence-corrected chi connectivity index (χ1v) is 4.77. The number of rotatable bonds is 4. The van der Waals surface area contributed by atoms with Crippen LogP contribution in [0.1, 0.15) is 37.6 Å². The van der Waals surface area contributed by atoms with Crippen molar-refractivity contribution >= 4 is 5.78 Å². The van der Waals surface area contributed by atoms with E-state index in [1.54, 1.807) is 18.3 Å². The average Bonchev–Trinajstić information content (AvgIpc) is 2.18. The molecule has 3 heteroatoms. The van der Waals surface area contributed by atoms with E-state index >= 15 is 0 Å². The van der Waals surface area contributed by atoms with Gasteiger partial charge in [0.15, 0.2) is 5.78 Å². The predicted octanol–water partition coefficient (Wildman–Crippen LogP) is 2.46. The number of hydrogen-bond acceptors (Lipinski definition) is 3. The molecule has 0 bridgehead atoms. The molecule has 0 saturated heterocycles. The van der Waals surface area contributed by atoms with Crippen LogP contribution >= 0.6 is 0 Å². The Balaban J connectivity index is 2.90. The molecule has 0 saturated carbocycles. The Morgan fingerprint density at radius 1 is 1.64 bits per heavy atom. The zero-order valence-electron chi connectivity index (χ0n) is 8.78. The largest absolute Gasteiger partial charge is 0.474 e. The summed E-state index contributed by atoms with van der Waals surface area (Å²) in [4.78, 5) is 15.3. The number of ketones is 1. The lowest BCUT2D eigenvalue weighted by Crippen LogP contribution is -2.13. The molecule has 0 radical (unpaired) electrons. The molecule has 0 fully saturated rings. The maximum atomic E-state index is 11.2. The van der Waals surface area contributed by atoms with E-state index in [1.165, 1.54) is 6.92 Å². The molecule has 1 aromatic heterocycles. The van der Waals surface area contributed by atoms with Crippen LogP contribution < -0.4 is 4.74 Å². The summed E-state index contributed by atoms with van der Waals surface area (Å²) in [6.45, 7) is 5.50. The molecule has 1 aromatic rings. The van der Waals surface area contributed by atoms with Crippen molar-refractivity contribution in [1.82, 2.24) is 4.98 Å². The normalized spacial score (nSPS) is 12.2. The van der Waals surface area contributed by atoms with Gasteiger partial charge in [-0.2, -0.15) is 0 Å². The van der Waals surface area contributed by atoms with Gasteiger partial charge >= 0.3 is 0 Å². The number of Topliss-reactive ketones (excluding diaryl/α,β-unsaturated/α-hetero) is 1. The number of ether oxygens (including phenoxy) is 1. The fourth-order valence-corrected chi connectivity index (χ4v) is 1.03. The van der Waals surface area contributed by atoms with Gasteiger partial charge in [-0.15, -0.1) is 0 Å². The van der Waals surface area contributed by atoms with Crippen molar-refractivity contribution in [2.45, 2.75) is 33.3 Å². The zero-order valence-corrected chi connectivity index (χ0v) is 8.78. The summed E-state index contributed by atoms with van der Waals surface area (Å²) in [5.41, 5.74) is 0.549. The van der Waals surface area contributed by atoms with E-state index in [9.17, 15) is 4.79 Å². The van der Waals surface area contributed by atoms with Crippen LogP contribution in [0.4, 0.5) is 0 Å². The van der Waals surface area contributed by atoms with Crippen LogP contribution in [0.25, 0.3) is 0 Å². The Morgan fingerprint density at radius 2 is 2.36 bits per heavy atom. The Hall–Kier alpha value is -1.38. The van der Waals surface area contributed by atoms with Crippen LogP contribution in [0, 0.1) is 0 Å². The minimum atomic E-state index is -0.0172. The van der Waals surface area contributed by atoms with Gasteiger partial charge in [-0.3, -0.25) is 4.79 Å². The van der Waals surface area contributed by atoms with Crippen molar-refractivity contribution in [2.75, 3.05) is 0 Å². The minimum Gasteiger partial charge on any atom is -0.474 e. The van der Waals surface area contributed by atoms with Crippen molar-refractivity contribution in [3.8, 4) is 5.88 Å². The van der Waals surface area contributed by atoms with Gasteiger partial charge < -0.3 is 4.74 Å². The lowest BCUT2D eigenvalue weighted by molar-refractivity contribution is 0.100. The van der Waals surface area contributed by atoms with Gasteiger partial charge in [0.05, 0.1) is 11.7 Å². The Bertz CT molecular complexity index is 323. The number of carbonyl (C=O) groups is 1. The number of nitrogens with zero attached hydrogens (tertiary/aromatic N) is 1. The monoisotopic (exact) mass is 193 g/mol. The second-order valence-electron chi connectivity index (χ2n) is 3.25. The molecule has 1 atom stereocenters. The highest BCUT2D eigenvalue weighted by molar-refractivity contribution is 5.96. The molecule has 0 aliphatic rings. The highest BCUT2D eigenvalue weighted by atomic mass is 16.5. The van der Waals surface area contributed by atoms with E-state index in [4.69, 9.17) is 4.74 Å². The summed E-state index contributed by atoms with van der Waals surface area (Å²) in [7, 11) is 0. The van der Waals surface area contributed by atoms with Crippen molar-refractivity contribution in [2.24, 2.45) is 0 Å². The van der Waals surface area contributed by atoms with Gasteiger partial charge in [-0.1, -0.05) is 6.92 Å². The molecule has 0 aromatic carbocycles. The molecule has 0 aliphatic heterocycles. The van der Waals surface area contributed by atoms with Gasteiger partial charge in [0.1, 0.15) is 0 Å². The van der Waals surface area contributed by atoms with Crippen LogP contribution in [-0.2, 0) is 0 Å². The molecule has 0 N–H and O–H groups in total. The standard InChI is InChI=1S/C11H15NO2/c1-4-8(2)14-11-10(9(3)13)6-5-7-12-11/h5-8H,4H2,1-3H3. The maximum Gasteiger partial charge on any atom is 0.224 e. The van der Waals surface area contributed by atoms with Crippen LogP contribution in [-0.4, -0.2) is 16.9 Å². The molecular formula is C11H15NO2. The predicted molar refractivity (Wildman–Crippen MR) is 54.6 cm³/mol.